The maximum atomic E-state index is 12.4. The fourth-order valence-electron chi connectivity index (χ4n) is 2.38. The molecular formula is C16H25NO3S. The van der Waals surface area contributed by atoms with Crippen LogP contribution in [0.1, 0.15) is 44.6 Å². The van der Waals surface area contributed by atoms with E-state index in [1.165, 1.54) is 12.8 Å². The van der Waals surface area contributed by atoms with Crippen molar-refractivity contribution in [3.8, 4) is 0 Å². The van der Waals surface area contributed by atoms with Gasteiger partial charge in [-0.1, -0.05) is 50.3 Å². The van der Waals surface area contributed by atoms with Crippen molar-refractivity contribution in [2.75, 3.05) is 6.61 Å². The topological polar surface area (TPSA) is 58.7 Å². The molecule has 0 aliphatic carbocycles. The molecule has 1 aliphatic heterocycles. The Morgan fingerprint density at radius 2 is 1.90 bits per heavy atom. The Bertz CT molecular complexity index is 535. The first-order chi connectivity index (χ1) is 10.0. The zero-order valence-corrected chi connectivity index (χ0v) is 13.7. The van der Waals surface area contributed by atoms with Crippen LogP contribution in [-0.4, -0.2) is 27.2 Å². The highest BCUT2D eigenvalue weighted by Gasteiger charge is 2.35. The summed E-state index contributed by atoms with van der Waals surface area (Å²) in [5.41, 5.74) is 1.05. The molecule has 0 spiro atoms. The predicted octanol–water partition coefficient (Wildman–Crippen LogP) is 3.01. The monoisotopic (exact) mass is 311 g/mol. The first kappa shape index (κ1) is 16.5. The van der Waals surface area contributed by atoms with Gasteiger partial charge in [-0.3, -0.25) is 0 Å². The number of ether oxygens (including phenoxy) is 1. The molecular weight excluding hydrogens is 286 g/mol. The molecule has 0 saturated carbocycles. The molecule has 1 aliphatic rings. The molecule has 0 radical (unpaired) electrons. The molecule has 1 aromatic carbocycles. The van der Waals surface area contributed by atoms with E-state index in [-0.39, 0.29) is 12.1 Å². The normalized spacial score (nSPS) is 19.4. The molecule has 2 unspecified atom stereocenters. The van der Waals surface area contributed by atoms with Crippen LogP contribution >= 0.6 is 0 Å². The molecule has 21 heavy (non-hydrogen) atoms. The predicted molar refractivity (Wildman–Crippen MR) is 83.8 cm³/mol. The number of sulfonamides is 1. The molecule has 2 rings (SSSR count). The zero-order valence-electron chi connectivity index (χ0n) is 12.8. The quantitative estimate of drug-likeness (QED) is 0.563. The molecule has 4 nitrogen and oxygen atoms in total. The van der Waals surface area contributed by atoms with Gasteiger partial charge in [0, 0.05) is 0 Å². The summed E-state index contributed by atoms with van der Waals surface area (Å²) in [5, 5.41) is 0. The summed E-state index contributed by atoms with van der Waals surface area (Å²) >= 11 is 0. The zero-order chi connectivity index (χ0) is 15.3. The van der Waals surface area contributed by atoms with Crippen molar-refractivity contribution >= 4 is 10.0 Å². The van der Waals surface area contributed by atoms with Gasteiger partial charge in [0.2, 0.25) is 10.0 Å². The van der Waals surface area contributed by atoms with E-state index < -0.39 is 10.0 Å². The van der Waals surface area contributed by atoms with Gasteiger partial charge in [0.1, 0.15) is 0 Å². The van der Waals surface area contributed by atoms with Crippen LogP contribution in [0.2, 0.25) is 0 Å². The Hall–Kier alpha value is -0.910. The van der Waals surface area contributed by atoms with Crippen molar-refractivity contribution in [3.05, 3.63) is 29.8 Å². The van der Waals surface area contributed by atoms with Crippen LogP contribution in [-0.2, 0) is 14.8 Å². The van der Waals surface area contributed by atoms with Gasteiger partial charge in [-0.05, 0) is 25.5 Å². The third-order valence-electron chi connectivity index (χ3n) is 3.81. The molecule has 0 amide bonds. The Kier molecular flexibility index (Phi) is 5.79. The van der Waals surface area contributed by atoms with E-state index in [0.717, 1.165) is 24.8 Å². The van der Waals surface area contributed by atoms with E-state index >= 15 is 0 Å². The van der Waals surface area contributed by atoms with Crippen LogP contribution in [0.25, 0.3) is 0 Å². The lowest BCUT2D eigenvalue weighted by atomic mass is 10.1. The summed E-state index contributed by atoms with van der Waals surface area (Å²) in [4.78, 5) is 0.326. The van der Waals surface area contributed by atoms with Gasteiger partial charge in [0.05, 0.1) is 23.6 Å². The van der Waals surface area contributed by atoms with E-state index in [9.17, 15) is 8.42 Å². The Labute approximate surface area is 127 Å². The number of hydrogen-bond donors (Lipinski definition) is 1. The van der Waals surface area contributed by atoms with Crippen LogP contribution in [0.5, 0.6) is 0 Å². The minimum atomic E-state index is -3.45. The standard InChI is InChI=1S/C16H25NO3S/c1-3-4-5-6-7-15(16-12-20-16)17-21(18,19)14-10-8-13(2)9-11-14/h8-11,15-17H,3-7,12H2,1-2H3. The summed E-state index contributed by atoms with van der Waals surface area (Å²) in [6.45, 7) is 4.77. The number of aryl methyl sites for hydroxylation is 1. The molecule has 1 N–H and O–H groups in total. The average molecular weight is 311 g/mol. The molecule has 1 fully saturated rings. The van der Waals surface area contributed by atoms with Gasteiger partial charge in [-0.25, -0.2) is 13.1 Å². The molecule has 1 heterocycles. The minimum Gasteiger partial charge on any atom is -0.371 e. The van der Waals surface area contributed by atoms with Crippen molar-refractivity contribution in [2.24, 2.45) is 0 Å². The van der Waals surface area contributed by atoms with Gasteiger partial charge in [-0.2, -0.15) is 0 Å². The van der Waals surface area contributed by atoms with Crippen molar-refractivity contribution in [1.29, 1.82) is 0 Å². The largest absolute Gasteiger partial charge is 0.371 e. The number of benzene rings is 1. The van der Waals surface area contributed by atoms with Gasteiger partial charge in [-0.15, -0.1) is 0 Å². The summed E-state index contributed by atoms with van der Waals surface area (Å²) in [5.74, 6) is 0. The van der Waals surface area contributed by atoms with Crippen LogP contribution in [0.4, 0.5) is 0 Å². The lowest BCUT2D eigenvalue weighted by Gasteiger charge is -2.17. The number of unbranched alkanes of at least 4 members (excludes halogenated alkanes) is 3. The van der Waals surface area contributed by atoms with Gasteiger partial charge in [0.25, 0.3) is 0 Å². The van der Waals surface area contributed by atoms with Crippen LogP contribution in [0.3, 0.4) is 0 Å². The van der Waals surface area contributed by atoms with Crippen molar-refractivity contribution in [2.45, 2.75) is 63.0 Å². The fourth-order valence-corrected chi connectivity index (χ4v) is 3.68. The molecule has 118 valence electrons. The van der Waals surface area contributed by atoms with Crippen LogP contribution in [0, 0.1) is 6.92 Å². The minimum absolute atomic E-state index is 0.0480. The first-order valence-corrected chi connectivity index (χ1v) is 9.22. The van der Waals surface area contributed by atoms with Crippen LogP contribution < -0.4 is 4.72 Å². The maximum Gasteiger partial charge on any atom is 0.240 e. The Morgan fingerprint density at radius 1 is 1.24 bits per heavy atom. The van der Waals surface area contributed by atoms with Crippen molar-refractivity contribution in [3.63, 3.8) is 0 Å². The molecule has 1 saturated heterocycles. The number of rotatable bonds is 9. The molecule has 0 bridgehead atoms. The van der Waals surface area contributed by atoms with E-state index in [4.69, 9.17) is 4.74 Å². The third kappa shape index (κ3) is 5.09. The van der Waals surface area contributed by atoms with Crippen molar-refractivity contribution in [1.82, 2.24) is 4.72 Å². The van der Waals surface area contributed by atoms with E-state index in [1.807, 2.05) is 19.1 Å². The highest BCUT2D eigenvalue weighted by Crippen LogP contribution is 2.21. The number of hydrogen-bond acceptors (Lipinski definition) is 3. The highest BCUT2D eigenvalue weighted by atomic mass is 32.2. The SMILES string of the molecule is CCCCCCC(NS(=O)(=O)c1ccc(C)cc1)C1CO1. The number of epoxide rings is 1. The summed E-state index contributed by atoms with van der Waals surface area (Å²) < 4.78 is 32.9. The smallest absolute Gasteiger partial charge is 0.240 e. The summed E-state index contributed by atoms with van der Waals surface area (Å²) in [6.07, 6.45) is 5.45. The maximum absolute atomic E-state index is 12.4. The van der Waals surface area contributed by atoms with E-state index in [1.54, 1.807) is 12.1 Å². The summed E-state index contributed by atoms with van der Waals surface area (Å²) in [7, 11) is -3.45. The second-order valence-corrected chi connectivity index (χ2v) is 7.48. The van der Waals surface area contributed by atoms with E-state index in [0.29, 0.717) is 11.5 Å². The average Bonchev–Trinajstić information content (AvgIpc) is 3.27. The lowest BCUT2D eigenvalue weighted by Crippen LogP contribution is -2.38. The highest BCUT2D eigenvalue weighted by molar-refractivity contribution is 7.89. The lowest BCUT2D eigenvalue weighted by molar-refractivity contribution is 0.345. The first-order valence-electron chi connectivity index (χ1n) is 7.73. The Balaban J connectivity index is 1.96. The van der Waals surface area contributed by atoms with E-state index in [2.05, 4.69) is 11.6 Å². The molecule has 5 heteroatoms. The summed E-state index contributed by atoms with van der Waals surface area (Å²) in [6, 6.07) is 6.84. The molecule has 2 atom stereocenters. The second kappa shape index (κ2) is 7.38. The van der Waals surface area contributed by atoms with Gasteiger partial charge >= 0.3 is 0 Å². The Morgan fingerprint density at radius 3 is 2.48 bits per heavy atom. The molecule has 1 aromatic rings. The third-order valence-corrected chi connectivity index (χ3v) is 5.32. The molecule has 0 aromatic heterocycles. The van der Waals surface area contributed by atoms with Crippen molar-refractivity contribution < 1.29 is 13.2 Å². The number of nitrogens with one attached hydrogen (secondary N) is 1. The van der Waals surface area contributed by atoms with Gasteiger partial charge < -0.3 is 4.74 Å². The van der Waals surface area contributed by atoms with Crippen LogP contribution in [0.15, 0.2) is 29.2 Å². The van der Waals surface area contributed by atoms with Gasteiger partial charge in [0.15, 0.2) is 0 Å². The second-order valence-electron chi connectivity index (χ2n) is 5.76. The fraction of sp³-hybridized carbons (Fsp3) is 0.625.